The van der Waals surface area contributed by atoms with Crippen LogP contribution in [0, 0.1) is 0 Å². The molecule has 0 unspecified atom stereocenters. The fraction of sp³-hybridized carbons (Fsp3) is 0. The first-order valence-corrected chi connectivity index (χ1v) is 20.1. The lowest BCUT2D eigenvalue weighted by Crippen LogP contribution is -2.07. The Morgan fingerprint density at radius 3 is 1.35 bits per heavy atom. The molecule has 0 spiro atoms. The highest BCUT2D eigenvalue weighted by Gasteiger charge is 2.23. The Morgan fingerprint density at radius 2 is 0.790 bits per heavy atom. The van der Waals surface area contributed by atoms with Gasteiger partial charge in [-0.1, -0.05) is 182 Å². The van der Waals surface area contributed by atoms with Gasteiger partial charge in [-0.15, -0.1) is 0 Å². The van der Waals surface area contributed by atoms with E-state index in [1.807, 2.05) is 97.1 Å². The van der Waals surface area contributed by atoms with Gasteiger partial charge in [-0.05, 0) is 73.8 Å². The SMILES string of the molecule is [2H]c1c([2H])c([2H])c2c(c1[2H])c1c([2H])c([2H])c([2H])c([2H])c1c1c([2H])c(-c3ccc(-n4c5ccccc5c5ccc6c7ccccc7n(-c7nc(-c8ccccc8)nc(-c8ccccc8)n7)c6c54)cc3)c([2H])c([2H])c21. The lowest BCUT2D eigenvalue weighted by atomic mass is 9.92. The van der Waals surface area contributed by atoms with Gasteiger partial charge in [0.05, 0.1) is 37.1 Å². The van der Waals surface area contributed by atoms with Crippen molar-refractivity contribution < 1.29 is 15.1 Å². The second kappa shape index (κ2) is 13.6. The van der Waals surface area contributed by atoms with Crippen LogP contribution in [0.25, 0.3) is 121 Å². The summed E-state index contributed by atoms with van der Waals surface area (Å²) in [6.45, 7) is 0. The Kier molecular flexibility index (Phi) is 5.53. The average Bonchev–Trinajstić information content (AvgIpc) is 3.96. The van der Waals surface area contributed by atoms with Crippen molar-refractivity contribution >= 4 is 75.9 Å². The minimum atomic E-state index is -0.614. The predicted octanol–water partition coefficient (Wildman–Crippen LogP) is 14.5. The molecule has 62 heavy (non-hydrogen) atoms. The van der Waals surface area contributed by atoms with Gasteiger partial charge in [0.2, 0.25) is 5.95 Å². The Hall–Kier alpha value is -8.41. The number of rotatable bonds is 5. The lowest BCUT2D eigenvalue weighted by Gasteiger charge is -2.14. The van der Waals surface area contributed by atoms with Gasteiger partial charge in [0.25, 0.3) is 0 Å². The van der Waals surface area contributed by atoms with Crippen LogP contribution in [0.5, 0.6) is 0 Å². The molecule has 288 valence electrons. The van der Waals surface area contributed by atoms with E-state index >= 15 is 0 Å². The first-order valence-electron chi connectivity index (χ1n) is 25.6. The van der Waals surface area contributed by atoms with E-state index in [0.29, 0.717) is 23.2 Å². The molecule has 5 heteroatoms. The zero-order valence-electron chi connectivity index (χ0n) is 43.6. The summed E-state index contributed by atoms with van der Waals surface area (Å²) < 4.78 is 103. The number of hydrogen-bond acceptors (Lipinski definition) is 3. The van der Waals surface area contributed by atoms with Crippen LogP contribution in [0.4, 0.5) is 0 Å². The van der Waals surface area contributed by atoms with E-state index in [4.69, 9.17) is 25.9 Å². The third-order valence-electron chi connectivity index (χ3n) is 11.7. The van der Waals surface area contributed by atoms with Crippen molar-refractivity contribution in [1.82, 2.24) is 24.1 Å². The number of hydrogen-bond donors (Lipinski definition) is 0. The van der Waals surface area contributed by atoms with Crippen LogP contribution in [0.15, 0.2) is 212 Å². The maximum absolute atomic E-state index is 9.81. The van der Waals surface area contributed by atoms with Gasteiger partial charge in [0, 0.05) is 38.4 Å². The standard InChI is InChI=1S/C57H35N5/c1-3-15-37(16-4-1)55-58-56(38-17-5-2-6-18-38)60-57(59-55)62-52-26-14-12-24-47(52)49-34-33-48-46-23-11-13-25-51(46)61(53(48)54(49)62)40-30-27-36(28-31-40)39-29-32-45-43-21-8-7-19-41(43)42-20-9-10-22-44(42)50(45)35-39/h1-35H/i7D,8D,9D,10D,19D,20D,21D,22D,29D,32D,35D. The van der Waals surface area contributed by atoms with Crippen molar-refractivity contribution in [3.8, 4) is 45.5 Å². The zero-order valence-corrected chi connectivity index (χ0v) is 32.6. The van der Waals surface area contributed by atoms with E-state index in [-0.39, 0.29) is 50.0 Å². The molecule has 0 radical (unpaired) electrons. The van der Waals surface area contributed by atoms with Gasteiger partial charge in [-0.25, -0.2) is 4.98 Å². The molecule has 0 aliphatic carbocycles. The van der Waals surface area contributed by atoms with Gasteiger partial charge in [-0.2, -0.15) is 9.97 Å². The lowest BCUT2D eigenvalue weighted by molar-refractivity contribution is 0.953. The van der Waals surface area contributed by atoms with E-state index < -0.39 is 54.4 Å². The third kappa shape index (κ3) is 5.18. The highest BCUT2D eigenvalue weighted by Crippen LogP contribution is 2.42. The van der Waals surface area contributed by atoms with Gasteiger partial charge < -0.3 is 4.57 Å². The highest BCUT2D eigenvalue weighted by molar-refractivity contribution is 6.26. The first kappa shape index (κ1) is 25.3. The molecule has 3 aromatic heterocycles. The molecule has 13 aromatic rings. The summed E-state index contributed by atoms with van der Waals surface area (Å²) in [5, 5.41) is 2.90. The normalized spacial score (nSPS) is 14.4. The number of nitrogens with zero attached hydrogens (tertiary/aromatic N) is 5. The molecule has 0 bridgehead atoms. The Morgan fingerprint density at radius 1 is 0.323 bits per heavy atom. The van der Waals surface area contributed by atoms with Crippen LogP contribution >= 0.6 is 0 Å². The highest BCUT2D eigenvalue weighted by atomic mass is 15.2. The summed E-state index contributed by atoms with van der Waals surface area (Å²) in [6, 6.07) is 41.7. The van der Waals surface area contributed by atoms with E-state index in [9.17, 15) is 4.11 Å². The molecular weight excluding hydrogens is 755 g/mol. The van der Waals surface area contributed by atoms with Gasteiger partial charge in [0.1, 0.15) is 0 Å². The number of para-hydroxylation sites is 2. The van der Waals surface area contributed by atoms with E-state index in [2.05, 4.69) is 45.5 Å². The van der Waals surface area contributed by atoms with Crippen molar-refractivity contribution in [2.75, 3.05) is 0 Å². The molecule has 3 heterocycles. The summed E-state index contributed by atoms with van der Waals surface area (Å²) in [4.78, 5) is 15.4. The maximum Gasteiger partial charge on any atom is 0.238 e. The van der Waals surface area contributed by atoms with Gasteiger partial charge >= 0.3 is 0 Å². The van der Waals surface area contributed by atoms with Crippen LogP contribution in [0.3, 0.4) is 0 Å². The fourth-order valence-electron chi connectivity index (χ4n) is 8.95. The molecule has 0 fully saturated rings. The van der Waals surface area contributed by atoms with Crippen molar-refractivity contribution in [1.29, 1.82) is 0 Å². The summed E-state index contributed by atoms with van der Waals surface area (Å²) in [5.74, 6) is 1.45. The van der Waals surface area contributed by atoms with Crippen molar-refractivity contribution in [3.63, 3.8) is 0 Å². The summed E-state index contributed by atoms with van der Waals surface area (Å²) in [6.07, 6.45) is 0. The van der Waals surface area contributed by atoms with Crippen molar-refractivity contribution in [2.45, 2.75) is 0 Å². The maximum atomic E-state index is 9.81. The molecule has 13 rings (SSSR count). The number of fused-ring (bicyclic) bond motifs is 13. The summed E-state index contributed by atoms with van der Waals surface area (Å²) in [5.41, 5.74) is 6.29. The smallest absolute Gasteiger partial charge is 0.238 e. The quantitative estimate of drug-likeness (QED) is 0.163. The van der Waals surface area contributed by atoms with Crippen LogP contribution in [0.1, 0.15) is 15.1 Å². The molecule has 0 aliphatic rings. The molecular formula is C57H35N5. The minimum Gasteiger partial charge on any atom is -0.307 e. The minimum absolute atomic E-state index is 0.0148. The molecule has 10 aromatic carbocycles. The van der Waals surface area contributed by atoms with Gasteiger partial charge in [0.15, 0.2) is 11.6 Å². The Balaban J connectivity index is 1.09. The van der Waals surface area contributed by atoms with E-state index in [1.165, 1.54) is 0 Å². The molecule has 0 amide bonds. The van der Waals surface area contributed by atoms with Crippen molar-refractivity contribution in [3.05, 3.63) is 212 Å². The van der Waals surface area contributed by atoms with Crippen LogP contribution in [-0.4, -0.2) is 24.1 Å². The average molecular weight is 801 g/mol. The molecule has 0 N–H and O–H groups in total. The molecule has 0 saturated heterocycles. The Bertz CT molecular complexity index is 4460. The Labute approximate surface area is 371 Å². The predicted molar refractivity (Wildman–Crippen MR) is 257 cm³/mol. The second-order valence-electron chi connectivity index (χ2n) is 15.1. The van der Waals surface area contributed by atoms with Crippen LogP contribution < -0.4 is 0 Å². The van der Waals surface area contributed by atoms with Gasteiger partial charge in [-0.3, -0.25) is 4.57 Å². The molecule has 0 saturated carbocycles. The summed E-state index contributed by atoms with van der Waals surface area (Å²) >= 11 is 0. The number of aromatic nitrogens is 5. The largest absolute Gasteiger partial charge is 0.307 e. The van der Waals surface area contributed by atoms with E-state index in [1.54, 1.807) is 12.1 Å². The van der Waals surface area contributed by atoms with E-state index in [0.717, 1.165) is 60.4 Å². The molecule has 0 atom stereocenters. The molecule has 5 nitrogen and oxygen atoms in total. The van der Waals surface area contributed by atoms with Crippen LogP contribution in [0.2, 0.25) is 0 Å². The van der Waals surface area contributed by atoms with Crippen molar-refractivity contribution in [2.24, 2.45) is 0 Å². The fourth-order valence-corrected chi connectivity index (χ4v) is 8.95. The summed E-state index contributed by atoms with van der Waals surface area (Å²) in [7, 11) is 0. The monoisotopic (exact) mass is 800 g/mol. The van der Waals surface area contributed by atoms with Crippen LogP contribution in [-0.2, 0) is 0 Å². The second-order valence-corrected chi connectivity index (χ2v) is 15.1. The zero-order chi connectivity index (χ0) is 50.3. The molecule has 0 aliphatic heterocycles. The third-order valence-corrected chi connectivity index (χ3v) is 11.7. The first-order chi connectivity index (χ1) is 35.3. The number of benzene rings is 10. The topological polar surface area (TPSA) is 48.5 Å².